The normalized spacial score (nSPS) is 13.0. The van der Waals surface area contributed by atoms with E-state index in [2.05, 4.69) is 4.72 Å². The van der Waals surface area contributed by atoms with Crippen molar-refractivity contribution in [3.8, 4) is 0 Å². The van der Waals surface area contributed by atoms with Gasteiger partial charge in [0.05, 0.1) is 11.7 Å². The maximum Gasteiger partial charge on any atom is 0.243 e. The largest absolute Gasteiger partial charge is 0.395 e. The Bertz CT molecular complexity index is 604. The number of hydrogen-bond acceptors (Lipinski definition) is 4. The molecule has 0 aliphatic heterocycles. The molecule has 0 saturated heterocycles. The molecule has 20 heavy (non-hydrogen) atoms. The van der Waals surface area contributed by atoms with E-state index in [4.69, 9.17) is 5.73 Å². The van der Waals surface area contributed by atoms with Crippen molar-refractivity contribution in [1.82, 2.24) is 9.62 Å². The van der Waals surface area contributed by atoms with Crippen molar-refractivity contribution in [3.05, 3.63) is 24.0 Å². The molecule has 1 amide bonds. The molecule has 8 heteroatoms. The molecular weight excluding hydrogens is 285 g/mol. The lowest BCUT2D eigenvalue weighted by Crippen LogP contribution is -2.45. The summed E-state index contributed by atoms with van der Waals surface area (Å²) < 4.78 is 39.7. The maximum atomic E-state index is 13.3. The maximum absolute atomic E-state index is 13.3. The van der Waals surface area contributed by atoms with Gasteiger partial charge in [0, 0.05) is 13.6 Å². The lowest BCUT2D eigenvalue weighted by molar-refractivity contribution is -0.131. The first-order valence-electron chi connectivity index (χ1n) is 6.02. The van der Waals surface area contributed by atoms with Gasteiger partial charge in [-0.1, -0.05) is 6.07 Å². The Morgan fingerprint density at radius 1 is 1.50 bits per heavy atom. The van der Waals surface area contributed by atoms with Crippen LogP contribution in [0.4, 0.5) is 10.1 Å². The van der Waals surface area contributed by atoms with Crippen molar-refractivity contribution < 1.29 is 17.6 Å². The molecule has 3 N–H and O–H groups in total. The van der Waals surface area contributed by atoms with Gasteiger partial charge in [-0.3, -0.25) is 4.79 Å². The zero-order chi connectivity index (χ0) is 15.5. The highest BCUT2D eigenvalue weighted by Crippen LogP contribution is 2.21. The van der Waals surface area contributed by atoms with E-state index in [1.807, 2.05) is 0 Å². The highest BCUT2D eigenvalue weighted by Gasteiger charge is 2.26. The molecule has 1 atom stereocenters. The van der Waals surface area contributed by atoms with Crippen molar-refractivity contribution in [2.75, 3.05) is 19.3 Å². The van der Waals surface area contributed by atoms with Gasteiger partial charge >= 0.3 is 0 Å². The number of hydrogen-bond donors (Lipinski definition) is 2. The van der Waals surface area contributed by atoms with Crippen LogP contribution in [-0.4, -0.2) is 38.9 Å². The molecule has 112 valence electrons. The molecule has 0 spiro atoms. The summed E-state index contributed by atoms with van der Waals surface area (Å²) >= 11 is 0. The molecule has 1 aromatic rings. The molecule has 0 aliphatic rings. The number of nitrogens with one attached hydrogen (secondary N) is 1. The molecule has 1 rings (SSSR count). The summed E-state index contributed by atoms with van der Waals surface area (Å²) in [6.45, 7) is 3.64. The van der Waals surface area contributed by atoms with E-state index in [1.54, 1.807) is 14.0 Å². The minimum atomic E-state index is -4.06. The number of halogens is 1. The summed E-state index contributed by atoms with van der Waals surface area (Å²) in [4.78, 5) is 12.8. The third kappa shape index (κ3) is 3.45. The Morgan fingerprint density at radius 3 is 2.65 bits per heavy atom. The highest BCUT2D eigenvalue weighted by molar-refractivity contribution is 7.89. The number of carbonyl (C=O) groups excluding carboxylic acids is 1. The van der Waals surface area contributed by atoms with Crippen LogP contribution >= 0.6 is 0 Å². The minimum Gasteiger partial charge on any atom is -0.395 e. The zero-order valence-electron chi connectivity index (χ0n) is 11.6. The number of nitrogens with zero attached hydrogens (tertiary/aromatic N) is 1. The Labute approximate surface area is 117 Å². The molecule has 0 bridgehead atoms. The van der Waals surface area contributed by atoms with Crippen molar-refractivity contribution >= 4 is 21.6 Å². The van der Waals surface area contributed by atoms with Crippen LogP contribution in [0.25, 0.3) is 0 Å². The first kappa shape index (κ1) is 16.4. The van der Waals surface area contributed by atoms with Gasteiger partial charge in [0.2, 0.25) is 15.9 Å². The number of para-hydroxylation sites is 1. The van der Waals surface area contributed by atoms with Crippen molar-refractivity contribution in [2.45, 2.75) is 24.8 Å². The van der Waals surface area contributed by atoms with Crippen LogP contribution in [0.2, 0.25) is 0 Å². The molecule has 0 radical (unpaired) electrons. The van der Waals surface area contributed by atoms with Crippen LogP contribution in [0.15, 0.2) is 23.1 Å². The number of nitrogens with two attached hydrogens (primary N) is 1. The second-order valence-electron chi connectivity index (χ2n) is 4.35. The lowest BCUT2D eigenvalue weighted by atomic mass is 10.3. The van der Waals surface area contributed by atoms with Gasteiger partial charge in [0.15, 0.2) is 0 Å². The van der Waals surface area contributed by atoms with Crippen molar-refractivity contribution in [3.63, 3.8) is 0 Å². The fraction of sp³-hybridized carbons (Fsp3) is 0.417. The molecule has 0 aliphatic carbocycles. The number of rotatable bonds is 5. The van der Waals surface area contributed by atoms with Crippen LogP contribution in [-0.2, 0) is 14.8 Å². The van der Waals surface area contributed by atoms with Crippen LogP contribution in [0.3, 0.4) is 0 Å². The summed E-state index contributed by atoms with van der Waals surface area (Å²) in [5, 5.41) is 0. The van der Waals surface area contributed by atoms with Gasteiger partial charge in [0.25, 0.3) is 0 Å². The van der Waals surface area contributed by atoms with E-state index in [9.17, 15) is 17.6 Å². The Kier molecular flexibility index (Phi) is 5.07. The fourth-order valence-corrected chi connectivity index (χ4v) is 2.92. The monoisotopic (exact) mass is 303 g/mol. The molecule has 1 unspecified atom stereocenters. The summed E-state index contributed by atoms with van der Waals surface area (Å²) in [6, 6.07) is 2.52. The van der Waals surface area contributed by atoms with Crippen molar-refractivity contribution in [2.24, 2.45) is 0 Å². The molecule has 1 aromatic carbocycles. The number of likely N-dealkylation sites (N-methyl/N-ethyl adjacent to an activating group) is 1. The van der Waals surface area contributed by atoms with E-state index in [-0.39, 0.29) is 10.8 Å². The average Bonchev–Trinajstić information content (AvgIpc) is 2.39. The third-order valence-electron chi connectivity index (χ3n) is 2.86. The van der Waals surface area contributed by atoms with Crippen LogP contribution in [0.5, 0.6) is 0 Å². The van der Waals surface area contributed by atoms with Gasteiger partial charge in [0.1, 0.15) is 10.7 Å². The van der Waals surface area contributed by atoms with Gasteiger partial charge in [-0.05, 0) is 26.0 Å². The molecule has 0 saturated carbocycles. The Morgan fingerprint density at radius 2 is 2.10 bits per heavy atom. The second kappa shape index (κ2) is 6.19. The van der Waals surface area contributed by atoms with Gasteiger partial charge < -0.3 is 10.6 Å². The summed E-state index contributed by atoms with van der Waals surface area (Å²) in [6.07, 6.45) is 0. The third-order valence-corrected chi connectivity index (χ3v) is 4.45. The number of benzene rings is 1. The van der Waals surface area contributed by atoms with Crippen molar-refractivity contribution in [1.29, 1.82) is 0 Å². The number of amides is 1. The topological polar surface area (TPSA) is 92.5 Å². The highest BCUT2D eigenvalue weighted by atomic mass is 32.2. The standard InChI is InChI=1S/C12H18FN3O3S/c1-4-16(3)12(17)8(2)15-20(18,19)10-7-5-6-9(13)11(10)14/h5-8,15H,4,14H2,1-3H3. The first-order valence-corrected chi connectivity index (χ1v) is 7.50. The number of carbonyl (C=O) groups is 1. The van der Waals surface area contributed by atoms with Gasteiger partial charge in [-0.2, -0.15) is 4.72 Å². The SMILES string of the molecule is CCN(C)C(=O)C(C)NS(=O)(=O)c1cccc(F)c1N. The molecule has 6 nitrogen and oxygen atoms in total. The quantitative estimate of drug-likeness (QED) is 0.777. The molecular formula is C12H18FN3O3S. The lowest BCUT2D eigenvalue weighted by Gasteiger charge is -2.20. The zero-order valence-corrected chi connectivity index (χ0v) is 12.4. The predicted molar refractivity (Wildman–Crippen MR) is 73.9 cm³/mol. The predicted octanol–water partition coefficient (Wildman–Crippen LogP) is 0.553. The fourth-order valence-electron chi connectivity index (χ4n) is 1.58. The summed E-state index contributed by atoms with van der Waals surface area (Å²) in [5.41, 5.74) is 4.95. The van der Waals surface area contributed by atoms with E-state index in [0.29, 0.717) is 6.54 Å². The van der Waals surface area contributed by atoms with E-state index < -0.39 is 27.6 Å². The van der Waals surface area contributed by atoms with Crippen LogP contribution in [0.1, 0.15) is 13.8 Å². The molecule has 0 aromatic heterocycles. The number of anilines is 1. The summed E-state index contributed by atoms with van der Waals surface area (Å²) in [7, 11) is -2.50. The average molecular weight is 303 g/mol. The molecule has 0 fully saturated rings. The second-order valence-corrected chi connectivity index (χ2v) is 6.03. The van der Waals surface area contributed by atoms with E-state index >= 15 is 0 Å². The van der Waals surface area contributed by atoms with Crippen LogP contribution < -0.4 is 10.5 Å². The Balaban J connectivity index is 3.01. The van der Waals surface area contributed by atoms with Gasteiger partial charge in [-0.15, -0.1) is 0 Å². The van der Waals surface area contributed by atoms with E-state index in [1.165, 1.54) is 24.0 Å². The number of nitrogen functional groups attached to an aromatic ring is 1. The van der Waals surface area contributed by atoms with Crippen LogP contribution in [0, 0.1) is 5.82 Å². The van der Waals surface area contributed by atoms with Gasteiger partial charge in [-0.25, -0.2) is 12.8 Å². The Hall–Kier alpha value is -1.67. The summed E-state index contributed by atoms with van der Waals surface area (Å²) in [5.74, 6) is -1.21. The van der Waals surface area contributed by atoms with E-state index in [0.717, 1.165) is 6.07 Å². The number of sulfonamides is 1. The minimum absolute atomic E-state index is 0.378. The molecule has 0 heterocycles. The smallest absolute Gasteiger partial charge is 0.243 e. The first-order chi connectivity index (χ1) is 9.20.